The first-order chi connectivity index (χ1) is 10.7. The number of primary amides is 1. The van der Waals surface area contributed by atoms with Crippen LogP contribution in [0.2, 0.25) is 0 Å². The molecule has 3 N–H and O–H groups in total. The van der Waals surface area contributed by atoms with Gasteiger partial charge in [0, 0.05) is 35.0 Å². The Morgan fingerprint density at radius 3 is 2.95 bits per heavy atom. The van der Waals surface area contributed by atoms with Crippen LogP contribution in [-0.4, -0.2) is 23.0 Å². The number of hydrogen-bond acceptors (Lipinski definition) is 3. The molecule has 0 unspecified atom stereocenters. The molecule has 0 spiro atoms. The largest absolute Gasteiger partial charge is 0.497 e. The maximum Gasteiger partial charge on any atom is 0.241 e. The second-order valence-corrected chi connectivity index (χ2v) is 4.83. The monoisotopic (exact) mass is 293 g/mol. The van der Waals surface area contributed by atoms with Gasteiger partial charge in [-0.3, -0.25) is 4.79 Å². The van der Waals surface area contributed by atoms with Gasteiger partial charge in [-0.1, -0.05) is 12.1 Å². The van der Waals surface area contributed by atoms with Crippen LogP contribution in [0.15, 0.2) is 48.8 Å². The minimum absolute atomic E-state index is 0.480. The number of H-pyrrole nitrogens is 1. The fraction of sp³-hybridized carbons (Fsp3) is 0.0588. The molecule has 1 aromatic carbocycles. The maximum absolute atomic E-state index is 10.9. The van der Waals surface area contributed by atoms with Gasteiger partial charge in [0.25, 0.3) is 0 Å². The van der Waals surface area contributed by atoms with E-state index < -0.39 is 5.91 Å². The van der Waals surface area contributed by atoms with Crippen LogP contribution in [-0.2, 0) is 4.79 Å². The summed E-state index contributed by atoms with van der Waals surface area (Å²) >= 11 is 0. The summed E-state index contributed by atoms with van der Waals surface area (Å²) in [6, 6.07) is 9.80. The molecule has 2 heterocycles. The second kappa shape index (κ2) is 5.73. The lowest BCUT2D eigenvalue weighted by Gasteiger charge is -2.05. The summed E-state index contributed by atoms with van der Waals surface area (Å²) in [6.07, 6.45) is 6.61. The van der Waals surface area contributed by atoms with Gasteiger partial charge in [-0.05, 0) is 29.8 Å². The Balaban J connectivity index is 2.08. The Hall–Kier alpha value is -3.08. The van der Waals surface area contributed by atoms with Gasteiger partial charge in [-0.15, -0.1) is 0 Å². The van der Waals surface area contributed by atoms with Crippen molar-refractivity contribution < 1.29 is 9.53 Å². The number of benzene rings is 1. The van der Waals surface area contributed by atoms with Crippen LogP contribution in [0.3, 0.4) is 0 Å². The fourth-order valence-corrected chi connectivity index (χ4v) is 2.29. The van der Waals surface area contributed by atoms with Crippen molar-refractivity contribution in [1.29, 1.82) is 0 Å². The third-order valence-corrected chi connectivity index (χ3v) is 3.39. The van der Waals surface area contributed by atoms with E-state index in [2.05, 4.69) is 9.97 Å². The molecule has 0 aliphatic heterocycles. The number of nitrogens with two attached hydrogens (primary N) is 1. The van der Waals surface area contributed by atoms with Crippen LogP contribution in [0.4, 0.5) is 0 Å². The Morgan fingerprint density at radius 1 is 1.32 bits per heavy atom. The molecule has 3 aromatic rings. The third kappa shape index (κ3) is 2.69. The SMILES string of the molecule is COc1cccc(-c2cnc3[nH]cc(/C=C/C(N)=O)c3c2)c1. The van der Waals surface area contributed by atoms with Crippen molar-refractivity contribution in [3.05, 3.63) is 54.4 Å². The zero-order chi connectivity index (χ0) is 15.5. The van der Waals surface area contributed by atoms with Crippen LogP contribution in [0.1, 0.15) is 5.56 Å². The number of carbonyl (C=O) groups is 1. The Morgan fingerprint density at radius 2 is 2.18 bits per heavy atom. The lowest BCUT2D eigenvalue weighted by molar-refractivity contribution is -0.113. The van der Waals surface area contributed by atoms with E-state index in [4.69, 9.17) is 10.5 Å². The standard InChI is InChI=1S/C17H15N3O2/c1-22-14-4-2-3-11(7-14)13-8-15-12(5-6-16(18)21)9-19-17(15)20-10-13/h2-10H,1H3,(H2,18,21)(H,19,20)/b6-5+. The number of pyridine rings is 1. The highest BCUT2D eigenvalue weighted by molar-refractivity contribution is 5.95. The summed E-state index contributed by atoms with van der Waals surface area (Å²) in [5, 5.41) is 0.929. The first kappa shape index (κ1) is 13.9. The van der Waals surface area contributed by atoms with Crippen LogP contribution >= 0.6 is 0 Å². The van der Waals surface area contributed by atoms with E-state index in [1.807, 2.05) is 30.3 Å². The summed E-state index contributed by atoms with van der Waals surface area (Å²) in [7, 11) is 1.64. The van der Waals surface area contributed by atoms with Crippen molar-refractivity contribution >= 4 is 23.0 Å². The topological polar surface area (TPSA) is 81.0 Å². The summed E-state index contributed by atoms with van der Waals surface area (Å²) in [5.74, 6) is 0.312. The quantitative estimate of drug-likeness (QED) is 0.726. The van der Waals surface area contributed by atoms with Gasteiger partial charge >= 0.3 is 0 Å². The van der Waals surface area contributed by atoms with Gasteiger partial charge < -0.3 is 15.5 Å². The zero-order valence-electron chi connectivity index (χ0n) is 12.0. The molecule has 0 atom stereocenters. The molecule has 5 heteroatoms. The van der Waals surface area contributed by atoms with E-state index in [9.17, 15) is 4.79 Å². The van der Waals surface area contributed by atoms with Crippen molar-refractivity contribution in [3.8, 4) is 16.9 Å². The summed E-state index contributed by atoms with van der Waals surface area (Å²) in [4.78, 5) is 18.4. The molecule has 1 amide bonds. The Bertz CT molecular complexity index is 865. The smallest absolute Gasteiger partial charge is 0.241 e. The zero-order valence-corrected chi connectivity index (χ0v) is 12.0. The van der Waals surface area contributed by atoms with Crippen molar-refractivity contribution in [2.75, 3.05) is 7.11 Å². The lowest BCUT2D eigenvalue weighted by atomic mass is 10.1. The highest BCUT2D eigenvalue weighted by Crippen LogP contribution is 2.27. The molecule has 5 nitrogen and oxygen atoms in total. The molecule has 22 heavy (non-hydrogen) atoms. The number of fused-ring (bicyclic) bond motifs is 1. The third-order valence-electron chi connectivity index (χ3n) is 3.39. The summed E-state index contributed by atoms with van der Waals surface area (Å²) in [5.41, 5.74) is 8.75. The molecule has 0 aliphatic carbocycles. The Kier molecular flexibility index (Phi) is 3.62. The number of nitrogens with one attached hydrogen (secondary N) is 1. The average molecular weight is 293 g/mol. The molecule has 0 aliphatic rings. The summed E-state index contributed by atoms with van der Waals surface area (Å²) < 4.78 is 5.25. The maximum atomic E-state index is 10.9. The minimum atomic E-state index is -0.480. The number of aromatic amines is 1. The van der Waals surface area contributed by atoms with E-state index in [1.165, 1.54) is 6.08 Å². The van der Waals surface area contributed by atoms with Gasteiger partial charge in [0.05, 0.1) is 7.11 Å². The molecule has 110 valence electrons. The average Bonchev–Trinajstić information content (AvgIpc) is 2.95. The second-order valence-electron chi connectivity index (χ2n) is 4.83. The molecular formula is C17H15N3O2. The molecular weight excluding hydrogens is 278 g/mol. The number of nitrogens with zero attached hydrogens (tertiary/aromatic N) is 1. The van der Waals surface area contributed by atoms with Crippen molar-refractivity contribution in [1.82, 2.24) is 9.97 Å². The Labute approximate surface area is 127 Å². The van der Waals surface area contributed by atoms with E-state index >= 15 is 0 Å². The first-order valence-electron chi connectivity index (χ1n) is 6.76. The number of hydrogen-bond donors (Lipinski definition) is 2. The molecule has 0 fully saturated rings. The van der Waals surface area contributed by atoms with Crippen molar-refractivity contribution in [3.63, 3.8) is 0 Å². The lowest BCUT2D eigenvalue weighted by Crippen LogP contribution is -2.04. The van der Waals surface area contributed by atoms with Gasteiger partial charge in [0.15, 0.2) is 0 Å². The number of methoxy groups -OCH3 is 1. The van der Waals surface area contributed by atoms with E-state index in [0.717, 1.165) is 33.5 Å². The highest BCUT2D eigenvalue weighted by atomic mass is 16.5. The van der Waals surface area contributed by atoms with Gasteiger partial charge in [-0.25, -0.2) is 4.98 Å². The molecule has 2 aromatic heterocycles. The van der Waals surface area contributed by atoms with Crippen LogP contribution in [0.25, 0.3) is 28.2 Å². The molecule has 3 rings (SSSR count). The number of ether oxygens (including phenoxy) is 1. The van der Waals surface area contributed by atoms with Crippen molar-refractivity contribution in [2.45, 2.75) is 0 Å². The van der Waals surface area contributed by atoms with Crippen LogP contribution < -0.4 is 10.5 Å². The molecule has 0 bridgehead atoms. The normalized spacial score (nSPS) is 11.1. The number of aromatic nitrogens is 2. The van der Waals surface area contributed by atoms with Crippen molar-refractivity contribution in [2.24, 2.45) is 5.73 Å². The van der Waals surface area contributed by atoms with E-state index in [-0.39, 0.29) is 0 Å². The van der Waals surface area contributed by atoms with Gasteiger partial charge in [-0.2, -0.15) is 0 Å². The number of amides is 1. The predicted octanol–water partition coefficient (Wildman–Crippen LogP) is 2.74. The van der Waals surface area contributed by atoms with E-state index in [1.54, 1.807) is 25.6 Å². The molecule has 0 saturated carbocycles. The van der Waals surface area contributed by atoms with Gasteiger partial charge in [0.1, 0.15) is 11.4 Å². The number of carbonyl (C=O) groups excluding carboxylic acids is 1. The summed E-state index contributed by atoms with van der Waals surface area (Å²) in [6.45, 7) is 0. The highest BCUT2D eigenvalue weighted by Gasteiger charge is 2.06. The first-order valence-corrected chi connectivity index (χ1v) is 6.76. The molecule has 0 saturated heterocycles. The van der Waals surface area contributed by atoms with E-state index in [0.29, 0.717) is 0 Å². The van der Waals surface area contributed by atoms with Gasteiger partial charge in [0.2, 0.25) is 5.91 Å². The fourth-order valence-electron chi connectivity index (χ4n) is 2.29. The predicted molar refractivity (Wildman–Crippen MR) is 86.3 cm³/mol. The number of rotatable bonds is 4. The van der Waals surface area contributed by atoms with Crippen LogP contribution in [0.5, 0.6) is 5.75 Å². The molecule has 0 radical (unpaired) electrons. The van der Waals surface area contributed by atoms with Crippen LogP contribution in [0, 0.1) is 0 Å². The minimum Gasteiger partial charge on any atom is -0.497 e.